The molecular formula is C76H121F2N13O12. The summed E-state index contributed by atoms with van der Waals surface area (Å²) in [7, 11) is 10.2. The summed E-state index contributed by atoms with van der Waals surface area (Å²) in [5, 5.41) is 23.1. The zero-order valence-corrected chi connectivity index (χ0v) is 64.3. The third kappa shape index (κ3) is 25.3. The van der Waals surface area contributed by atoms with Gasteiger partial charge < -0.3 is 60.7 Å². The van der Waals surface area contributed by atoms with Crippen molar-refractivity contribution in [3.63, 3.8) is 0 Å². The summed E-state index contributed by atoms with van der Waals surface area (Å²) in [6.45, 7) is 17.9. The number of carbonyl (C=O) groups is 11. The summed E-state index contributed by atoms with van der Waals surface area (Å²) in [5.74, 6) is -11.2. The van der Waals surface area contributed by atoms with Gasteiger partial charge in [-0.2, -0.15) is 0 Å². The van der Waals surface area contributed by atoms with Crippen LogP contribution in [0.25, 0.3) is 0 Å². The van der Waals surface area contributed by atoms with Gasteiger partial charge in [0.1, 0.15) is 48.3 Å². The van der Waals surface area contributed by atoms with Crippen LogP contribution in [0.3, 0.4) is 0 Å². The van der Waals surface area contributed by atoms with E-state index in [1.807, 2.05) is 104 Å². The molecule has 2 aromatic rings. The lowest BCUT2D eigenvalue weighted by molar-refractivity contribution is -0.151. The predicted molar refractivity (Wildman–Crippen MR) is 390 cm³/mol. The molecule has 3 fully saturated rings. The van der Waals surface area contributed by atoms with Crippen LogP contribution in [-0.4, -0.2) is 275 Å². The van der Waals surface area contributed by atoms with Gasteiger partial charge in [0.15, 0.2) is 0 Å². The molecule has 576 valence electrons. The fraction of sp³-hybridized carbons (Fsp3) is 0.697. The van der Waals surface area contributed by atoms with Crippen molar-refractivity contribution in [3.8, 4) is 0 Å². The highest BCUT2D eigenvalue weighted by atomic mass is 19.3. The number of aliphatic hydroxyl groups is 1. The average molecular weight is 1450 g/mol. The van der Waals surface area contributed by atoms with Crippen LogP contribution < -0.4 is 21.3 Å². The fourth-order valence-electron chi connectivity index (χ4n) is 13.8. The largest absolute Gasteiger partial charge is 0.391 e. The minimum Gasteiger partial charge on any atom is -0.391 e. The number of piperidine rings is 2. The molecule has 11 atom stereocenters. The number of amides is 11. The smallest absolute Gasteiger partial charge is 0.260 e. The number of likely N-dealkylation sites (N-methyl/N-ethyl adjacent to an activating group) is 6. The molecule has 11 amide bonds. The zero-order chi connectivity index (χ0) is 76.9. The van der Waals surface area contributed by atoms with Crippen LogP contribution in [0.2, 0.25) is 0 Å². The molecule has 25 nitrogen and oxygen atoms in total. The minimum atomic E-state index is -3.04. The van der Waals surface area contributed by atoms with E-state index in [1.54, 1.807) is 29.0 Å². The second-order valence-electron chi connectivity index (χ2n) is 30.7. The first-order chi connectivity index (χ1) is 48.3. The molecule has 3 aliphatic rings. The van der Waals surface area contributed by atoms with Crippen LogP contribution in [0.1, 0.15) is 157 Å². The summed E-state index contributed by atoms with van der Waals surface area (Å²) in [6, 6.07) is 6.26. The van der Waals surface area contributed by atoms with E-state index in [0.29, 0.717) is 37.9 Å². The maximum absolute atomic E-state index is 15.8. The summed E-state index contributed by atoms with van der Waals surface area (Å²) in [4.78, 5) is 177. The van der Waals surface area contributed by atoms with E-state index < -0.39 is 151 Å². The van der Waals surface area contributed by atoms with Crippen molar-refractivity contribution >= 4 is 65.0 Å². The first kappa shape index (κ1) is 86.0. The summed E-state index contributed by atoms with van der Waals surface area (Å²) in [6.07, 6.45) is -0.732. The fourth-order valence-corrected chi connectivity index (χ4v) is 13.8. The van der Waals surface area contributed by atoms with E-state index in [2.05, 4.69) is 21.3 Å². The standard InChI is InChI=1S/C76H121F2N13O12/c1-48(2)40-56-71(99)88(16)60(42-50(5)6)70(98)82-66(53(10)92)75(103)87(15)58(32-39-90-35-27-34-76(77,78)47-90)73(101)84(12)52(9)67(95)79-57(72(100)91-36-25-20-26-37-91)46-65(94)83(11)38-33-64(93)86(14)59(41-49(3)4)69(97)81-63(43-51(7)8)85(13)62(45-55-30-23-19-24-31-55)74(102)89(17)61(68(96)80-56)44-54-28-21-18-22-29-54/h18-19,21-24,28-31,48-53,56-63,66,92H,20,25-27,32-47H2,1-17H3,(H,79,95)(H,80,96)(H,81,97)(H,82,98)/t52-,53+,56-,57-,58-,59-,60-,61-,62-,63+,66-/m0/s1. The number of aliphatic hydroxyl groups excluding tert-OH is 1. The Bertz CT molecular complexity index is 3160. The second kappa shape index (κ2) is 40.0. The number of hydrogen-bond donors (Lipinski definition) is 5. The van der Waals surface area contributed by atoms with Crippen LogP contribution in [0.5, 0.6) is 0 Å². The number of nitrogens with zero attached hydrogens (tertiary/aromatic N) is 9. The van der Waals surface area contributed by atoms with Crippen LogP contribution >= 0.6 is 0 Å². The minimum absolute atomic E-state index is 0.00567. The van der Waals surface area contributed by atoms with Crippen molar-refractivity contribution < 1.29 is 66.6 Å². The molecule has 0 radical (unpaired) electrons. The molecule has 0 aliphatic carbocycles. The van der Waals surface area contributed by atoms with Crippen LogP contribution in [0, 0.1) is 23.7 Å². The van der Waals surface area contributed by atoms with Gasteiger partial charge in [0.05, 0.1) is 31.3 Å². The quantitative estimate of drug-likeness (QED) is 0.143. The van der Waals surface area contributed by atoms with Crippen molar-refractivity contribution in [3.05, 3.63) is 71.8 Å². The molecule has 3 aliphatic heterocycles. The molecule has 0 saturated carbocycles. The highest BCUT2D eigenvalue weighted by Gasteiger charge is 2.44. The number of benzene rings is 2. The Balaban J connectivity index is 1.68. The van der Waals surface area contributed by atoms with E-state index in [0.717, 1.165) is 21.8 Å². The Morgan fingerprint density at radius 3 is 1.54 bits per heavy atom. The Morgan fingerprint density at radius 2 is 1.01 bits per heavy atom. The molecule has 27 heteroatoms. The highest BCUT2D eigenvalue weighted by molar-refractivity contribution is 5.99. The van der Waals surface area contributed by atoms with Crippen molar-refractivity contribution in [1.82, 2.24) is 65.4 Å². The van der Waals surface area contributed by atoms with Gasteiger partial charge in [-0.25, -0.2) is 8.78 Å². The molecule has 2 aromatic carbocycles. The molecular weight excluding hydrogens is 1320 g/mol. The lowest BCUT2D eigenvalue weighted by Gasteiger charge is -2.40. The maximum Gasteiger partial charge on any atom is 0.260 e. The number of carbonyl (C=O) groups excluding carboxylic acids is 11. The molecule has 5 rings (SSSR count). The molecule has 103 heavy (non-hydrogen) atoms. The molecule has 0 aromatic heterocycles. The molecule has 3 saturated heterocycles. The normalized spacial score (nSPS) is 26.4. The van der Waals surface area contributed by atoms with Crippen molar-refractivity contribution in [2.24, 2.45) is 23.7 Å². The van der Waals surface area contributed by atoms with E-state index in [9.17, 15) is 33.1 Å². The van der Waals surface area contributed by atoms with E-state index in [4.69, 9.17) is 0 Å². The number of nitrogens with one attached hydrogen (secondary N) is 4. The average Bonchev–Trinajstić information content (AvgIpc) is 0.814. The number of rotatable bonds is 17. The van der Waals surface area contributed by atoms with Crippen LogP contribution in [0.4, 0.5) is 8.78 Å². The first-order valence-electron chi connectivity index (χ1n) is 37.0. The summed E-state index contributed by atoms with van der Waals surface area (Å²) < 4.78 is 29.9. The van der Waals surface area contributed by atoms with Gasteiger partial charge in [0.25, 0.3) is 5.92 Å². The Morgan fingerprint density at radius 1 is 0.515 bits per heavy atom. The van der Waals surface area contributed by atoms with Crippen molar-refractivity contribution in [1.29, 1.82) is 0 Å². The molecule has 0 bridgehead atoms. The van der Waals surface area contributed by atoms with Gasteiger partial charge in [-0.1, -0.05) is 116 Å². The molecule has 0 unspecified atom stereocenters. The van der Waals surface area contributed by atoms with Crippen molar-refractivity contribution in [2.75, 3.05) is 88.6 Å². The maximum atomic E-state index is 15.8. The van der Waals surface area contributed by atoms with Gasteiger partial charge in [-0.05, 0) is 126 Å². The Kier molecular flexibility index (Phi) is 33.4. The van der Waals surface area contributed by atoms with Gasteiger partial charge >= 0.3 is 0 Å². The third-order valence-electron chi connectivity index (χ3n) is 20.3. The van der Waals surface area contributed by atoms with Crippen molar-refractivity contribution in [2.45, 2.75) is 232 Å². The lowest BCUT2D eigenvalue weighted by Crippen LogP contribution is -2.63. The van der Waals surface area contributed by atoms with Gasteiger partial charge in [-0.3, -0.25) is 62.5 Å². The van der Waals surface area contributed by atoms with Gasteiger partial charge in [0.2, 0.25) is 65.0 Å². The zero-order valence-electron chi connectivity index (χ0n) is 64.3. The highest BCUT2D eigenvalue weighted by Crippen LogP contribution is 2.28. The molecule has 5 N–H and O–H groups in total. The van der Waals surface area contributed by atoms with Gasteiger partial charge in [0, 0.05) is 87.7 Å². The van der Waals surface area contributed by atoms with Gasteiger partial charge in [-0.15, -0.1) is 0 Å². The number of hydrogen-bond acceptors (Lipinski definition) is 14. The Labute approximate surface area is 610 Å². The predicted octanol–water partition coefficient (Wildman–Crippen LogP) is 4.77. The molecule has 3 heterocycles. The summed E-state index contributed by atoms with van der Waals surface area (Å²) in [5.41, 5.74) is 1.47. The number of likely N-dealkylation sites (tertiary alicyclic amines) is 2. The van der Waals surface area contributed by atoms with E-state index in [1.165, 1.54) is 80.6 Å². The second-order valence-corrected chi connectivity index (χ2v) is 30.7. The summed E-state index contributed by atoms with van der Waals surface area (Å²) >= 11 is 0. The van der Waals surface area contributed by atoms with E-state index in [-0.39, 0.29) is 101 Å². The van der Waals surface area contributed by atoms with Crippen LogP contribution in [0.15, 0.2) is 60.7 Å². The van der Waals surface area contributed by atoms with Crippen LogP contribution in [-0.2, 0) is 65.6 Å². The lowest BCUT2D eigenvalue weighted by atomic mass is 9.96. The van der Waals surface area contributed by atoms with E-state index >= 15 is 33.6 Å². The number of alkyl halides is 2. The molecule has 0 spiro atoms. The Hall–Kier alpha value is -7.65. The third-order valence-corrected chi connectivity index (χ3v) is 20.3. The topological polar surface area (TPSA) is 285 Å². The SMILES string of the molecule is CC(C)C[C@@H]1NC(=O)[C@H](Cc2ccccc2)N(C)C(=O)[C@H](Cc2ccccc2)N(C)[C@H](CC(C)C)NC(=O)[C@H](CC(C)C)N(C)C(=O)CCN(C)C(=O)C[C@@H](C(=O)N2CCCCC2)NC(=O)[C@H](C)N(C)C(=O)[C@H](CCN2CCCC(F)(F)C2)N(C)C(=O)[C@H]([C@@H](C)O)NC(=O)[C@H](CC(C)C)N(C)C1=O. The number of halogens is 2. The first-order valence-corrected chi connectivity index (χ1v) is 37.0. The monoisotopic (exact) mass is 1450 g/mol.